The summed E-state index contributed by atoms with van der Waals surface area (Å²) in [6, 6.07) is 3.72. The minimum absolute atomic E-state index is 0.0285. The molecule has 4 nitrogen and oxygen atoms in total. The van der Waals surface area contributed by atoms with E-state index in [-0.39, 0.29) is 41.4 Å². The summed E-state index contributed by atoms with van der Waals surface area (Å²) >= 11 is 5.56. The van der Waals surface area contributed by atoms with Crippen molar-refractivity contribution in [1.82, 2.24) is 4.57 Å². The number of aromatic nitrogens is 1. The molecule has 0 unspecified atom stereocenters. The van der Waals surface area contributed by atoms with Gasteiger partial charge in [0.05, 0.1) is 29.0 Å². The van der Waals surface area contributed by atoms with Gasteiger partial charge >= 0.3 is 12.1 Å². The zero-order valence-electron chi connectivity index (χ0n) is 12.5. The summed E-state index contributed by atoms with van der Waals surface area (Å²) in [5.41, 5.74) is -0.707. The normalized spacial score (nSPS) is 11.7. The summed E-state index contributed by atoms with van der Waals surface area (Å²) in [6.07, 6.45) is -4.58. The molecule has 0 radical (unpaired) electrons. The van der Waals surface area contributed by atoms with Crippen molar-refractivity contribution >= 4 is 28.5 Å². The molecule has 0 aliphatic rings. The van der Waals surface area contributed by atoms with E-state index in [0.717, 1.165) is 6.07 Å². The van der Waals surface area contributed by atoms with E-state index in [0.29, 0.717) is 0 Å². The van der Waals surface area contributed by atoms with Crippen molar-refractivity contribution in [3.05, 3.63) is 29.5 Å². The first-order valence-electron chi connectivity index (χ1n) is 6.87. The molecule has 0 N–H and O–H groups in total. The van der Waals surface area contributed by atoms with Gasteiger partial charge in [0.2, 0.25) is 0 Å². The van der Waals surface area contributed by atoms with Crippen molar-refractivity contribution < 1.29 is 27.4 Å². The van der Waals surface area contributed by atoms with Gasteiger partial charge in [-0.15, -0.1) is 11.6 Å². The molecule has 1 heterocycles. The van der Waals surface area contributed by atoms with Crippen LogP contribution in [-0.2, 0) is 18.0 Å². The van der Waals surface area contributed by atoms with Crippen LogP contribution >= 0.6 is 11.6 Å². The van der Waals surface area contributed by atoms with E-state index >= 15 is 0 Å². The van der Waals surface area contributed by atoms with Gasteiger partial charge in [0.25, 0.3) is 0 Å². The van der Waals surface area contributed by atoms with Gasteiger partial charge < -0.3 is 14.0 Å². The molecule has 0 aliphatic carbocycles. The standard InChI is InChI=1S/C15H15ClF3NO3/c1-3-22-14(21)12-13(23-8-7-16)11-9(15(17,18)19)5-4-6-10(11)20(12)2/h4-6H,3,7-8H2,1-2H3. The van der Waals surface area contributed by atoms with Crippen LogP contribution in [0.5, 0.6) is 5.75 Å². The minimum Gasteiger partial charge on any atom is -0.489 e. The molecule has 0 saturated heterocycles. The molecule has 8 heteroatoms. The summed E-state index contributed by atoms with van der Waals surface area (Å²) < 4.78 is 51.5. The number of aryl methyl sites for hydroxylation is 1. The lowest BCUT2D eigenvalue weighted by Crippen LogP contribution is -2.12. The Kier molecular flexibility index (Phi) is 5.09. The number of carbonyl (C=O) groups excluding carboxylic acids is 1. The smallest absolute Gasteiger partial charge is 0.417 e. The van der Waals surface area contributed by atoms with Crippen LogP contribution in [-0.4, -0.2) is 29.6 Å². The highest BCUT2D eigenvalue weighted by atomic mass is 35.5. The Morgan fingerprint density at radius 3 is 2.61 bits per heavy atom. The van der Waals surface area contributed by atoms with Crippen LogP contribution in [0.25, 0.3) is 10.9 Å². The lowest BCUT2D eigenvalue weighted by Gasteiger charge is -2.11. The van der Waals surface area contributed by atoms with Crippen molar-refractivity contribution in [1.29, 1.82) is 0 Å². The quantitative estimate of drug-likeness (QED) is 0.605. The Balaban J connectivity index is 2.80. The molecule has 0 atom stereocenters. The number of fused-ring (bicyclic) bond motifs is 1. The third kappa shape index (κ3) is 3.24. The van der Waals surface area contributed by atoms with Crippen LogP contribution in [0.2, 0.25) is 0 Å². The van der Waals surface area contributed by atoms with E-state index in [4.69, 9.17) is 21.1 Å². The molecule has 1 aromatic heterocycles. The summed E-state index contributed by atoms with van der Waals surface area (Å²) in [4.78, 5) is 12.1. The summed E-state index contributed by atoms with van der Waals surface area (Å²) in [5.74, 6) is -0.828. The number of alkyl halides is 4. The molecule has 0 fully saturated rings. The van der Waals surface area contributed by atoms with E-state index in [1.54, 1.807) is 6.92 Å². The van der Waals surface area contributed by atoms with Gasteiger partial charge in [-0.3, -0.25) is 0 Å². The second kappa shape index (κ2) is 6.70. The van der Waals surface area contributed by atoms with Crippen LogP contribution in [0, 0.1) is 0 Å². The monoisotopic (exact) mass is 349 g/mol. The number of halogens is 4. The Bertz CT molecular complexity index is 725. The van der Waals surface area contributed by atoms with Gasteiger partial charge in [0.15, 0.2) is 11.4 Å². The number of hydrogen-bond acceptors (Lipinski definition) is 3. The second-order valence-corrected chi connectivity index (χ2v) is 5.07. The number of hydrogen-bond donors (Lipinski definition) is 0. The van der Waals surface area contributed by atoms with Crippen molar-refractivity contribution in [3.8, 4) is 5.75 Å². The molecule has 0 amide bonds. The fourth-order valence-electron chi connectivity index (χ4n) is 2.40. The van der Waals surface area contributed by atoms with Crippen molar-refractivity contribution in [2.45, 2.75) is 13.1 Å². The molecule has 0 bridgehead atoms. The predicted octanol–water partition coefficient (Wildman–Crippen LogP) is 3.99. The number of rotatable bonds is 5. The van der Waals surface area contributed by atoms with Crippen LogP contribution in [0.1, 0.15) is 23.0 Å². The number of ether oxygens (including phenoxy) is 2. The first-order valence-corrected chi connectivity index (χ1v) is 7.40. The largest absolute Gasteiger partial charge is 0.489 e. The van der Waals surface area contributed by atoms with E-state index < -0.39 is 17.7 Å². The molecule has 0 saturated carbocycles. The van der Waals surface area contributed by atoms with E-state index in [2.05, 4.69) is 0 Å². The fourth-order valence-corrected chi connectivity index (χ4v) is 2.47. The predicted molar refractivity (Wildman–Crippen MR) is 80.1 cm³/mol. The third-order valence-electron chi connectivity index (χ3n) is 3.28. The zero-order valence-corrected chi connectivity index (χ0v) is 13.3. The van der Waals surface area contributed by atoms with Crippen LogP contribution in [0.3, 0.4) is 0 Å². The van der Waals surface area contributed by atoms with Crippen molar-refractivity contribution in [2.24, 2.45) is 7.05 Å². The summed E-state index contributed by atoms with van der Waals surface area (Å²) in [7, 11) is 1.49. The molecule has 1 aromatic carbocycles. The first-order chi connectivity index (χ1) is 10.8. The number of carbonyl (C=O) groups is 1. The Morgan fingerprint density at radius 1 is 1.35 bits per heavy atom. The molecule has 126 valence electrons. The second-order valence-electron chi connectivity index (χ2n) is 4.69. The van der Waals surface area contributed by atoms with Crippen LogP contribution < -0.4 is 4.74 Å². The highest BCUT2D eigenvalue weighted by Crippen LogP contribution is 2.42. The lowest BCUT2D eigenvalue weighted by molar-refractivity contribution is -0.136. The van der Waals surface area contributed by atoms with Gasteiger partial charge in [0, 0.05) is 7.05 Å². The van der Waals surface area contributed by atoms with Gasteiger partial charge in [-0.1, -0.05) is 6.07 Å². The molecule has 2 aromatic rings. The highest BCUT2D eigenvalue weighted by Gasteiger charge is 2.36. The van der Waals surface area contributed by atoms with E-state index in [1.165, 1.54) is 23.7 Å². The summed E-state index contributed by atoms with van der Waals surface area (Å²) in [6.45, 7) is 1.68. The third-order valence-corrected chi connectivity index (χ3v) is 3.43. The first kappa shape index (κ1) is 17.5. The number of benzene rings is 1. The average Bonchev–Trinajstić information content (AvgIpc) is 2.77. The molecule has 2 rings (SSSR count). The van der Waals surface area contributed by atoms with E-state index in [9.17, 15) is 18.0 Å². The Labute approximate surface area is 135 Å². The number of esters is 1. The molecular formula is C15H15ClF3NO3. The van der Waals surface area contributed by atoms with Crippen LogP contribution in [0.4, 0.5) is 13.2 Å². The SMILES string of the molecule is CCOC(=O)c1c(OCCCl)c2c(C(F)(F)F)cccc2n1C. The zero-order chi connectivity index (χ0) is 17.2. The van der Waals surface area contributed by atoms with Crippen LogP contribution in [0.15, 0.2) is 18.2 Å². The lowest BCUT2D eigenvalue weighted by atomic mass is 10.1. The summed E-state index contributed by atoms with van der Waals surface area (Å²) in [5, 5.41) is -0.171. The van der Waals surface area contributed by atoms with E-state index in [1.807, 2.05) is 0 Å². The topological polar surface area (TPSA) is 40.5 Å². The maximum atomic E-state index is 13.3. The van der Waals surface area contributed by atoms with Crippen molar-refractivity contribution in [3.63, 3.8) is 0 Å². The maximum Gasteiger partial charge on any atom is 0.417 e. The minimum atomic E-state index is -4.58. The van der Waals surface area contributed by atoms with Gasteiger partial charge in [-0.05, 0) is 19.1 Å². The fraction of sp³-hybridized carbons (Fsp3) is 0.400. The van der Waals surface area contributed by atoms with Gasteiger partial charge in [0.1, 0.15) is 6.61 Å². The molecular weight excluding hydrogens is 335 g/mol. The molecule has 0 aliphatic heterocycles. The average molecular weight is 350 g/mol. The Morgan fingerprint density at radius 2 is 2.04 bits per heavy atom. The molecule has 23 heavy (non-hydrogen) atoms. The maximum absolute atomic E-state index is 13.3. The Hall–Kier alpha value is -1.89. The van der Waals surface area contributed by atoms with Gasteiger partial charge in [-0.2, -0.15) is 13.2 Å². The van der Waals surface area contributed by atoms with Gasteiger partial charge in [-0.25, -0.2) is 4.79 Å². The number of nitrogens with zero attached hydrogens (tertiary/aromatic N) is 1. The molecule has 0 spiro atoms. The van der Waals surface area contributed by atoms with Crippen molar-refractivity contribution in [2.75, 3.05) is 19.1 Å². The highest BCUT2D eigenvalue weighted by molar-refractivity contribution is 6.18.